The Kier molecular flexibility index (Phi) is 5.01. The van der Waals surface area contributed by atoms with E-state index >= 15 is 0 Å². The average Bonchev–Trinajstić information content (AvgIpc) is 2.94. The van der Waals surface area contributed by atoms with Crippen molar-refractivity contribution in [1.82, 2.24) is 4.98 Å². The topological polar surface area (TPSA) is 37.3 Å². The minimum absolute atomic E-state index is 0.608. The number of nitrogens with one attached hydrogen (secondary N) is 1. The highest BCUT2D eigenvalue weighted by molar-refractivity contribution is 7.14. The highest BCUT2D eigenvalue weighted by Crippen LogP contribution is 2.32. The van der Waals surface area contributed by atoms with Gasteiger partial charge in [-0.3, -0.25) is 5.43 Å². The van der Waals surface area contributed by atoms with Gasteiger partial charge in [0.1, 0.15) is 0 Å². The molecule has 0 radical (unpaired) electrons. The van der Waals surface area contributed by atoms with E-state index in [2.05, 4.69) is 22.4 Å². The Balaban J connectivity index is 1.72. The molecule has 1 atom stereocenters. The van der Waals surface area contributed by atoms with Gasteiger partial charge in [-0.15, -0.1) is 11.3 Å². The Labute approximate surface area is 144 Å². The molecule has 0 saturated heterocycles. The zero-order valence-electron chi connectivity index (χ0n) is 12.3. The SMILES string of the molecule is C[C@@H]1CCC/C(=N\Nc2nc(-c3ccc(Cl)cc3Cl)cs2)C1. The van der Waals surface area contributed by atoms with Crippen LogP contribution in [0.5, 0.6) is 0 Å². The number of hydrogen-bond acceptors (Lipinski definition) is 4. The maximum absolute atomic E-state index is 6.22. The Bertz CT molecular complexity index is 696. The highest BCUT2D eigenvalue weighted by atomic mass is 35.5. The second-order valence-electron chi connectivity index (χ2n) is 5.65. The van der Waals surface area contributed by atoms with E-state index in [1.807, 2.05) is 17.5 Å². The third-order valence-electron chi connectivity index (χ3n) is 3.77. The van der Waals surface area contributed by atoms with Crippen LogP contribution in [-0.4, -0.2) is 10.7 Å². The van der Waals surface area contributed by atoms with Crippen LogP contribution in [0.15, 0.2) is 28.7 Å². The molecule has 1 aliphatic carbocycles. The fourth-order valence-electron chi connectivity index (χ4n) is 2.64. The van der Waals surface area contributed by atoms with Crippen LogP contribution in [0.2, 0.25) is 10.0 Å². The molecule has 6 heteroatoms. The van der Waals surface area contributed by atoms with Gasteiger partial charge in [0.2, 0.25) is 5.13 Å². The van der Waals surface area contributed by atoms with Crippen molar-refractivity contribution in [2.24, 2.45) is 11.0 Å². The molecule has 1 saturated carbocycles. The van der Waals surface area contributed by atoms with Crippen LogP contribution in [-0.2, 0) is 0 Å². The van der Waals surface area contributed by atoms with Crippen molar-refractivity contribution in [2.75, 3.05) is 5.43 Å². The van der Waals surface area contributed by atoms with Gasteiger partial charge in [0.15, 0.2) is 0 Å². The zero-order valence-corrected chi connectivity index (χ0v) is 14.6. The van der Waals surface area contributed by atoms with E-state index < -0.39 is 0 Å². The summed E-state index contributed by atoms with van der Waals surface area (Å²) < 4.78 is 0. The number of rotatable bonds is 3. The van der Waals surface area contributed by atoms with Gasteiger partial charge in [0.25, 0.3) is 0 Å². The van der Waals surface area contributed by atoms with Crippen molar-refractivity contribution < 1.29 is 0 Å². The largest absolute Gasteiger partial charge is 0.253 e. The van der Waals surface area contributed by atoms with E-state index in [0.717, 1.165) is 35.1 Å². The van der Waals surface area contributed by atoms with Crippen LogP contribution in [0.1, 0.15) is 32.6 Å². The second-order valence-corrected chi connectivity index (χ2v) is 7.36. The Hall–Kier alpha value is -1.10. The molecule has 2 aromatic rings. The lowest BCUT2D eigenvalue weighted by molar-refractivity contribution is 0.500. The van der Waals surface area contributed by atoms with Gasteiger partial charge in [-0.1, -0.05) is 30.1 Å². The fraction of sp³-hybridized carbons (Fsp3) is 0.375. The number of benzene rings is 1. The van der Waals surface area contributed by atoms with E-state index in [1.54, 1.807) is 6.07 Å². The minimum Gasteiger partial charge on any atom is -0.253 e. The first-order chi connectivity index (χ1) is 10.6. The monoisotopic (exact) mass is 353 g/mol. The van der Waals surface area contributed by atoms with Gasteiger partial charge in [0, 0.05) is 21.7 Å². The summed E-state index contributed by atoms with van der Waals surface area (Å²) in [6.07, 6.45) is 4.69. The number of nitrogens with zero attached hydrogens (tertiary/aromatic N) is 2. The predicted octanol–water partition coefficient (Wildman–Crippen LogP) is 6.09. The third-order valence-corrected chi connectivity index (χ3v) is 5.06. The summed E-state index contributed by atoms with van der Waals surface area (Å²) >= 11 is 13.7. The summed E-state index contributed by atoms with van der Waals surface area (Å²) in [5.41, 5.74) is 6.04. The maximum Gasteiger partial charge on any atom is 0.203 e. The van der Waals surface area contributed by atoms with E-state index in [9.17, 15) is 0 Å². The molecule has 3 nitrogen and oxygen atoms in total. The summed E-state index contributed by atoms with van der Waals surface area (Å²) in [6.45, 7) is 2.28. The molecule has 116 valence electrons. The van der Waals surface area contributed by atoms with Crippen molar-refractivity contribution >= 4 is 45.4 Å². The molecular formula is C16H17Cl2N3S. The number of hydrazone groups is 1. The first-order valence-electron chi connectivity index (χ1n) is 7.34. The first kappa shape index (κ1) is 15.8. The van der Waals surface area contributed by atoms with Crippen molar-refractivity contribution in [3.63, 3.8) is 0 Å². The predicted molar refractivity (Wildman–Crippen MR) is 96.3 cm³/mol. The lowest BCUT2D eigenvalue weighted by Gasteiger charge is -2.18. The quantitative estimate of drug-likeness (QED) is 0.677. The number of hydrogen-bond donors (Lipinski definition) is 1. The molecule has 1 heterocycles. The number of anilines is 1. The summed E-state index contributed by atoms with van der Waals surface area (Å²) in [6, 6.07) is 5.44. The smallest absolute Gasteiger partial charge is 0.203 e. The van der Waals surface area contributed by atoms with Crippen molar-refractivity contribution in [2.45, 2.75) is 32.6 Å². The fourth-order valence-corrected chi connectivity index (χ4v) is 3.79. The molecule has 0 aliphatic heterocycles. The van der Waals surface area contributed by atoms with Crippen molar-refractivity contribution in [1.29, 1.82) is 0 Å². The number of thiazole rings is 1. The van der Waals surface area contributed by atoms with Gasteiger partial charge in [-0.25, -0.2) is 4.98 Å². The molecule has 22 heavy (non-hydrogen) atoms. The molecule has 1 N–H and O–H groups in total. The van der Waals surface area contributed by atoms with Gasteiger partial charge in [-0.2, -0.15) is 5.10 Å². The van der Waals surface area contributed by atoms with Crippen LogP contribution in [0.25, 0.3) is 11.3 Å². The summed E-state index contributed by atoms with van der Waals surface area (Å²) in [5.74, 6) is 0.731. The van der Waals surface area contributed by atoms with E-state index in [1.165, 1.54) is 29.9 Å². The van der Waals surface area contributed by atoms with Crippen LogP contribution >= 0.6 is 34.5 Å². The summed E-state index contributed by atoms with van der Waals surface area (Å²) in [7, 11) is 0. The zero-order chi connectivity index (χ0) is 15.5. The third kappa shape index (κ3) is 3.80. The van der Waals surface area contributed by atoms with E-state index in [-0.39, 0.29) is 0 Å². The van der Waals surface area contributed by atoms with Gasteiger partial charge in [-0.05, 0) is 49.8 Å². The summed E-state index contributed by atoms with van der Waals surface area (Å²) in [4.78, 5) is 4.55. The van der Waals surface area contributed by atoms with Gasteiger partial charge >= 0.3 is 0 Å². The van der Waals surface area contributed by atoms with Gasteiger partial charge < -0.3 is 0 Å². The first-order valence-corrected chi connectivity index (χ1v) is 8.98. The number of halogens is 2. The van der Waals surface area contributed by atoms with Crippen molar-refractivity contribution in [3.05, 3.63) is 33.6 Å². The lowest BCUT2D eigenvalue weighted by atomic mass is 9.89. The summed E-state index contributed by atoms with van der Waals surface area (Å²) in [5, 5.41) is 8.50. The molecule has 1 aromatic carbocycles. The van der Waals surface area contributed by atoms with E-state index in [0.29, 0.717) is 10.0 Å². The molecule has 0 unspecified atom stereocenters. The minimum atomic E-state index is 0.608. The highest BCUT2D eigenvalue weighted by Gasteiger charge is 2.14. The molecule has 0 amide bonds. The number of aromatic nitrogens is 1. The maximum atomic E-state index is 6.22. The normalized spacial score (nSPS) is 20.3. The molecule has 1 fully saturated rings. The molecule has 0 spiro atoms. The Morgan fingerprint density at radius 2 is 2.23 bits per heavy atom. The molecule has 1 aliphatic rings. The molecular weight excluding hydrogens is 337 g/mol. The lowest BCUT2D eigenvalue weighted by Crippen LogP contribution is -2.13. The van der Waals surface area contributed by atoms with Crippen LogP contribution in [0.4, 0.5) is 5.13 Å². The second kappa shape index (κ2) is 6.99. The van der Waals surface area contributed by atoms with Crippen LogP contribution < -0.4 is 5.43 Å². The Morgan fingerprint density at radius 3 is 3.00 bits per heavy atom. The molecule has 3 rings (SSSR count). The van der Waals surface area contributed by atoms with Crippen LogP contribution in [0, 0.1) is 5.92 Å². The molecule has 0 bridgehead atoms. The Morgan fingerprint density at radius 1 is 1.36 bits per heavy atom. The van der Waals surface area contributed by atoms with Crippen molar-refractivity contribution in [3.8, 4) is 11.3 Å². The van der Waals surface area contributed by atoms with Crippen LogP contribution in [0.3, 0.4) is 0 Å². The average molecular weight is 354 g/mol. The van der Waals surface area contributed by atoms with E-state index in [4.69, 9.17) is 23.2 Å². The molecule has 1 aromatic heterocycles. The standard InChI is InChI=1S/C16H17Cl2N3S/c1-10-3-2-4-12(7-10)20-21-16-19-15(9-22-16)13-6-5-11(17)8-14(13)18/h5-6,8-10H,2-4,7H2,1H3,(H,19,21)/b20-12+/t10-/m1/s1. The van der Waals surface area contributed by atoms with Gasteiger partial charge in [0.05, 0.1) is 10.7 Å².